The normalized spacial score (nSPS) is 11.6. The molecule has 1 rings (SSSR count). The van der Waals surface area contributed by atoms with Crippen LogP contribution >= 0.6 is 0 Å². The fraction of sp³-hybridized carbons (Fsp3) is 0.600. The van der Waals surface area contributed by atoms with Gasteiger partial charge in [0.2, 0.25) is 0 Å². The van der Waals surface area contributed by atoms with Gasteiger partial charge in [0.05, 0.1) is 11.4 Å². The van der Waals surface area contributed by atoms with Crippen LogP contribution < -0.4 is 0 Å². The lowest BCUT2D eigenvalue weighted by atomic mass is 10.4. The molecule has 4 nitrogen and oxygen atoms in total. The maximum absolute atomic E-state index is 9.79. The summed E-state index contributed by atoms with van der Waals surface area (Å²) in [7, 11) is 7.94. The maximum Gasteiger partial charge on any atom is 0.0710 e. The van der Waals surface area contributed by atoms with Gasteiger partial charge in [-0.2, -0.15) is 4.73 Å². The molecule has 0 aliphatic carbocycles. The lowest BCUT2D eigenvalue weighted by Crippen LogP contribution is -2.17. The summed E-state index contributed by atoms with van der Waals surface area (Å²) in [5.41, 5.74) is 1.85. The van der Waals surface area contributed by atoms with Crippen molar-refractivity contribution in [2.45, 2.75) is 13.1 Å². The van der Waals surface area contributed by atoms with E-state index in [9.17, 15) is 5.21 Å². The molecule has 0 spiro atoms. The van der Waals surface area contributed by atoms with Gasteiger partial charge in [-0.3, -0.25) is 0 Å². The van der Waals surface area contributed by atoms with Crippen LogP contribution in [0.25, 0.3) is 0 Å². The van der Waals surface area contributed by atoms with Crippen molar-refractivity contribution >= 4 is 0 Å². The number of nitrogens with zero attached hydrogens (tertiary/aromatic N) is 3. The minimum Gasteiger partial charge on any atom is -0.428 e. The summed E-state index contributed by atoms with van der Waals surface area (Å²) >= 11 is 0. The second kappa shape index (κ2) is 4.48. The van der Waals surface area contributed by atoms with Crippen molar-refractivity contribution in [1.29, 1.82) is 0 Å². The van der Waals surface area contributed by atoms with Crippen LogP contribution in [-0.2, 0) is 13.1 Å². The number of hydrogen-bond acceptors (Lipinski definition) is 3. The molecule has 0 saturated heterocycles. The predicted octanol–water partition coefficient (Wildman–Crippen LogP) is 0.849. The number of rotatable bonds is 4. The highest BCUT2D eigenvalue weighted by molar-refractivity contribution is 5.14. The Kier molecular flexibility index (Phi) is 3.55. The summed E-state index contributed by atoms with van der Waals surface area (Å²) in [6, 6.07) is 3.91. The van der Waals surface area contributed by atoms with Crippen molar-refractivity contribution < 1.29 is 5.21 Å². The Balaban J connectivity index is 2.75. The van der Waals surface area contributed by atoms with E-state index in [2.05, 4.69) is 0 Å². The molecule has 0 aliphatic rings. The van der Waals surface area contributed by atoms with Crippen LogP contribution in [0.5, 0.6) is 0 Å². The topological polar surface area (TPSA) is 31.6 Å². The SMILES string of the molecule is CN(C)Cc1ccc(CN(C)C)n1O. The van der Waals surface area contributed by atoms with Crippen molar-refractivity contribution in [2.24, 2.45) is 0 Å². The third-order valence-corrected chi connectivity index (χ3v) is 1.97. The molecule has 0 aromatic carbocycles. The molecule has 0 aliphatic heterocycles. The van der Waals surface area contributed by atoms with E-state index in [1.807, 2.05) is 50.1 Å². The summed E-state index contributed by atoms with van der Waals surface area (Å²) in [4.78, 5) is 4.06. The highest BCUT2D eigenvalue weighted by atomic mass is 16.5. The quantitative estimate of drug-likeness (QED) is 0.726. The smallest absolute Gasteiger partial charge is 0.0710 e. The Bertz CT molecular complexity index is 264. The van der Waals surface area contributed by atoms with Crippen LogP contribution in [0.2, 0.25) is 0 Å². The Morgan fingerprint density at radius 1 is 1.00 bits per heavy atom. The summed E-state index contributed by atoms with van der Waals surface area (Å²) in [5.74, 6) is 0. The zero-order valence-electron chi connectivity index (χ0n) is 9.36. The predicted molar refractivity (Wildman–Crippen MR) is 56.4 cm³/mol. The van der Waals surface area contributed by atoms with Crippen molar-refractivity contribution in [3.63, 3.8) is 0 Å². The molecule has 1 aromatic rings. The van der Waals surface area contributed by atoms with Gasteiger partial charge in [0.25, 0.3) is 0 Å². The maximum atomic E-state index is 9.79. The van der Waals surface area contributed by atoms with Crippen LogP contribution in [0.4, 0.5) is 0 Å². The molecule has 1 heterocycles. The van der Waals surface area contributed by atoms with E-state index in [1.165, 1.54) is 4.73 Å². The van der Waals surface area contributed by atoms with Crippen LogP contribution in [0.1, 0.15) is 11.4 Å². The largest absolute Gasteiger partial charge is 0.428 e. The van der Waals surface area contributed by atoms with Gasteiger partial charge in [0.15, 0.2) is 0 Å². The summed E-state index contributed by atoms with van der Waals surface area (Å²) < 4.78 is 1.28. The first-order chi connectivity index (χ1) is 6.50. The van der Waals surface area contributed by atoms with E-state index in [-0.39, 0.29) is 0 Å². The Labute approximate surface area is 85.3 Å². The fourth-order valence-electron chi connectivity index (χ4n) is 1.41. The van der Waals surface area contributed by atoms with Gasteiger partial charge in [-0.05, 0) is 40.3 Å². The fourth-order valence-corrected chi connectivity index (χ4v) is 1.41. The van der Waals surface area contributed by atoms with Crippen molar-refractivity contribution in [3.05, 3.63) is 23.5 Å². The third kappa shape index (κ3) is 2.75. The van der Waals surface area contributed by atoms with Gasteiger partial charge in [-0.25, -0.2) is 0 Å². The Morgan fingerprint density at radius 2 is 1.36 bits per heavy atom. The Hall–Kier alpha value is -1.00. The third-order valence-electron chi connectivity index (χ3n) is 1.97. The highest BCUT2D eigenvalue weighted by Crippen LogP contribution is 2.09. The van der Waals surface area contributed by atoms with E-state index in [4.69, 9.17) is 0 Å². The van der Waals surface area contributed by atoms with E-state index >= 15 is 0 Å². The van der Waals surface area contributed by atoms with Crippen LogP contribution in [0, 0.1) is 0 Å². The molecule has 0 atom stereocenters. The van der Waals surface area contributed by atoms with Gasteiger partial charge in [0.1, 0.15) is 0 Å². The molecule has 80 valence electrons. The molecular weight excluding hydrogens is 178 g/mol. The van der Waals surface area contributed by atoms with E-state index < -0.39 is 0 Å². The zero-order chi connectivity index (χ0) is 10.7. The Morgan fingerprint density at radius 3 is 1.64 bits per heavy atom. The molecule has 0 radical (unpaired) electrons. The van der Waals surface area contributed by atoms with Crippen molar-refractivity contribution in [2.75, 3.05) is 28.2 Å². The molecule has 0 bridgehead atoms. The van der Waals surface area contributed by atoms with E-state index in [0.29, 0.717) is 0 Å². The van der Waals surface area contributed by atoms with Crippen molar-refractivity contribution in [1.82, 2.24) is 14.5 Å². The van der Waals surface area contributed by atoms with E-state index in [1.54, 1.807) is 0 Å². The van der Waals surface area contributed by atoms with Crippen LogP contribution in [0.15, 0.2) is 12.1 Å². The molecule has 1 aromatic heterocycles. The lowest BCUT2D eigenvalue weighted by Gasteiger charge is -2.12. The monoisotopic (exact) mass is 197 g/mol. The summed E-state index contributed by atoms with van der Waals surface area (Å²) in [5, 5.41) is 9.79. The molecule has 4 heteroatoms. The highest BCUT2D eigenvalue weighted by Gasteiger charge is 2.08. The second-order valence-corrected chi connectivity index (χ2v) is 4.10. The zero-order valence-corrected chi connectivity index (χ0v) is 9.36. The first kappa shape index (κ1) is 11.1. The van der Waals surface area contributed by atoms with Gasteiger partial charge in [-0.1, -0.05) is 0 Å². The second-order valence-electron chi connectivity index (χ2n) is 4.10. The average Bonchev–Trinajstić information content (AvgIpc) is 2.34. The van der Waals surface area contributed by atoms with Crippen LogP contribution in [-0.4, -0.2) is 47.9 Å². The van der Waals surface area contributed by atoms with Gasteiger partial charge in [-0.15, -0.1) is 0 Å². The summed E-state index contributed by atoms with van der Waals surface area (Å²) in [6.45, 7) is 1.51. The minimum absolute atomic E-state index is 0.754. The standard InChI is InChI=1S/C10H19N3O/c1-11(2)7-9-5-6-10(13(9)14)8-12(3)4/h5-6,14H,7-8H2,1-4H3. The first-order valence-electron chi connectivity index (χ1n) is 4.69. The number of hydrogen-bond donors (Lipinski definition) is 1. The average molecular weight is 197 g/mol. The minimum atomic E-state index is 0.754. The molecule has 0 unspecified atom stereocenters. The summed E-state index contributed by atoms with van der Waals surface area (Å²) in [6.07, 6.45) is 0. The number of aromatic nitrogens is 1. The van der Waals surface area contributed by atoms with Gasteiger partial charge >= 0.3 is 0 Å². The molecular formula is C10H19N3O. The lowest BCUT2D eigenvalue weighted by molar-refractivity contribution is 0.153. The molecule has 1 N–H and O–H groups in total. The molecule has 0 fully saturated rings. The van der Waals surface area contributed by atoms with Crippen molar-refractivity contribution in [3.8, 4) is 0 Å². The molecule has 14 heavy (non-hydrogen) atoms. The van der Waals surface area contributed by atoms with Gasteiger partial charge in [0, 0.05) is 13.1 Å². The first-order valence-corrected chi connectivity index (χ1v) is 4.69. The van der Waals surface area contributed by atoms with E-state index in [0.717, 1.165) is 24.5 Å². The molecule has 0 saturated carbocycles. The van der Waals surface area contributed by atoms with Gasteiger partial charge < -0.3 is 15.0 Å². The van der Waals surface area contributed by atoms with Crippen LogP contribution in [0.3, 0.4) is 0 Å². The molecule has 0 amide bonds.